The van der Waals surface area contributed by atoms with E-state index in [1.54, 1.807) is 0 Å². The summed E-state index contributed by atoms with van der Waals surface area (Å²) in [5, 5.41) is 17.7. The summed E-state index contributed by atoms with van der Waals surface area (Å²) in [5.74, 6) is 1.15. The minimum absolute atomic E-state index is 0.207. The van der Waals surface area contributed by atoms with Crippen molar-refractivity contribution in [1.29, 1.82) is 5.26 Å². The van der Waals surface area contributed by atoms with Gasteiger partial charge >= 0.3 is 6.18 Å². The summed E-state index contributed by atoms with van der Waals surface area (Å²) in [4.78, 5) is 5.61. The number of aliphatic hydroxyl groups excluding tert-OH is 1. The molecule has 5 nitrogen and oxygen atoms in total. The van der Waals surface area contributed by atoms with Crippen LogP contribution in [-0.2, 0) is 6.18 Å². The first-order chi connectivity index (χ1) is 14.9. The molecule has 0 spiro atoms. The lowest BCUT2D eigenvalue weighted by molar-refractivity contribution is -0.138. The number of nitrogens with zero attached hydrogens (tertiary/aromatic N) is 3. The second-order valence-electron chi connectivity index (χ2n) is 7.66. The topological polar surface area (TPSA) is 69.4 Å². The van der Waals surface area contributed by atoms with Crippen molar-refractivity contribution in [3.8, 4) is 11.8 Å². The summed E-state index contributed by atoms with van der Waals surface area (Å²) in [6.45, 7) is 2.08. The molecule has 1 saturated heterocycles. The van der Waals surface area contributed by atoms with Gasteiger partial charge in [0.15, 0.2) is 5.69 Å². The van der Waals surface area contributed by atoms with E-state index in [-0.39, 0.29) is 6.61 Å². The van der Waals surface area contributed by atoms with Crippen LogP contribution in [0.25, 0.3) is 0 Å². The first-order valence-electron chi connectivity index (χ1n) is 10.5. The van der Waals surface area contributed by atoms with Gasteiger partial charge in [0.2, 0.25) is 0 Å². The Morgan fingerprint density at radius 1 is 1.13 bits per heavy atom. The van der Waals surface area contributed by atoms with Crippen LogP contribution in [-0.4, -0.2) is 36.4 Å². The van der Waals surface area contributed by atoms with Crippen LogP contribution in [0.4, 0.5) is 18.9 Å². The molecule has 1 fully saturated rings. The van der Waals surface area contributed by atoms with E-state index >= 15 is 0 Å². The molecule has 1 aliphatic heterocycles. The number of ether oxygens (including phenoxy) is 1. The standard InChI is InChI=1S/C23H26F3N3O2/c24-23(25,26)21-14-19(16-28-22(21)15-27)29-10-8-18(9-11-29)17-4-6-20(7-5-17)31-13-3-1-2-12-30/h4-7,14,16,18,30H,1-3,8-13H2. The summed E-state index contributed by atoms with van der Waals surface area (Å²) in [6.07, 6.45) is 1.02. The van der Waals surface area contributed by atoms with Crippen LogP contribution >= 0.6 is 0 Å². The smallest absolute Gasteiger partial charge is 0.419 e. The van der Waals surface area contributed by atoms with Crippen molar-refractivity contribution in [3.63, 3.8) is 0 Å². The molecule has 0 amide bonds. The van der Waals surface area contributed by atoms with E-state index in [1.165, 1.54) is 17.8 Å². The average Bonchev–Trinajstić information content (AvgIpc) is 2.78. The molecule has 0 bridgehead atoms. The SMILES string of the molecule is N#Cc1ncc(N2CCC(c3ccc(OCCCCCO)cc3)CC2)cc1C(F)(F)F. The Kier molecular flexibility index (Phi) is 7.75. The molecular weight excluding hydrogens is 407 g/mol. The second kappa shape index (κ2) is 10.5. The van der Waals surface area contributed by atoms with Gasteiger partial charge in [0.05, 0.1) is 24.1 Å². The Labute approximate surface area is 180 Å². The lowest BCUT2D eigenvalue weighted by Crippen LogP contribution is -2.33. The van der Waals surface area contributed by atoms with E-state index in [2.05, 4.69) is 17.1 Å². The second-order valence-corrected chi connectivity index (χ2v) is 7.66. The maximum atomic E-state index is 13.2. The molecule has 0 aliphatic carbocycles. The summed E-state index contributed by atoms with van der Waals surface area (Å²) in [7, 11) is 0. The number of benzene rings is 1. The predicted molar refractivity (Wildman–Crippen MR) is 111 cm³/mol. The number of piperidine rings is 1. The van der Waals surface area contributed by atoms with Gasteiger partial charge in [0, 0.05) is 19.7 Å². The minimum Gasteiger partial charge on any atom is -0.494 e. The molecule has 0 radical (unpaired) electrons. The van der Waals surface area contributed by atoms with Crippen LogP contribution in [0.2, 0.25) is 0 Å². The average molecular weight is 433 g/mol. The fourth-order valence-corrected chi connectivity index (χ4v) is 3.82. The minimum atomic E-state index is -4.60. The van der Waals surface area contributed by atoms with E-state index in [4.69, 9.17) is 15.1 Å². The molecule has 166 valence electrons. The van der Waals surface area contributed by atoms with Gasteiger partial charge in [-0.3, -0.25) is 0 Å². The molecule has 31 heavy (non-hydrogen) atoms. The predicted octanol–water partition coefficient (Wildman–Crippen LogP) is 4.90. The number of hydrogen-bond acceptors (Lipinski definition) is 5. The lowest BCUT2D eigenvalue weighted by Gasteiger charge is -2.34. The fourth-order valence-electron chi connectivity index (χ4n) is 3.82. The monoisotopic (exact) mass is 433 g/mol. The highest BCUT2D eigenvalue weighted by Crippen LogP contribution is 2.35. The number of nitriles is 1. The number of pyridine rings is 1. The van der Waals surface area contributed by atoms with Gasteiger partial charge in [-0.1, -0.05) is 12.1 Å². The summed E-state index contributed by atoms with van der Waals surface area (Å²) < 4.78 is 45.3. The Morgan fingerprint density at radius 2 is 1.84 bits per heavy atom. The molecule has 0 saturated carbocycles. The highest BCUT2D eigenvalue weighted by Gasteiger charge is 2.35. The summed E-state index contributed by atoms with van der Waals surface area (Å²) in [6, 6.07) is 10.5. The third-order valence-corrected chi connectivity index (χ3v) is 5.57. The molecule has 2 heterocycles. The van der Waals surface area contributed by atoms with Crippen LogP contribution in [0.3, 0.4) is 0 Å². The van der Waals surface area contributed by atoms with Crippen molar-refractivity contribution in [3.05, 3.63) is 53.3 Å². The third-order valence-electron chi connectivity index (χ3n) is 5.57. The van der Waals surface area contributed by atoms with Crippen molar-refractivity contribution in [2.45, 2.75) is 44.2 Å². The summed E-state index contributed by atoms with van der Waals surface area (Å²) in [5.41, 5.74) is 0.0133. The first-order valence-corrected chi connectivity index (χ1v) is 10.5. The van der Waals surface area contributed by atoms with Crippen molar-refractivity contribution < 1.29 is 23.0 Å². The van der Waals surface area contributed by atoms with Crippen molar-refractivity contribution in [2.24, 2.45) is 0 Å². The number of alkyl halides is 3. The first kappa shape index (κ1) is 22.9. The Balaban J connectivity index is 1.56. The zero-order chi connectivity index (χ0) is 22.3. The summed E-state index contributed by atoms with van der Waals surface area (Å²) >= 11 is 0. The quantitative estimate of drug-likeness (QED) is 0.600. The number of aliphatic hydroxyl groups is 1. The van der Waals surface area contributed by atoms with Crippen molar-refractivity contribution in [2.75, 3.05) is 31.2 Å². The van der Waals surface area contributed by atoms with Gasteiger partial charge in [-0.2, -0.15) is 18.4 Å². The van der Waals surface area contributed by atoms with E-state index in [0.29, 0.717) is 31.3 Å². The zero-order valence-corrected chi connectivity index (χ0v) is 17.2. The van der Waals surface area contributed by atoms with E-state index < -0.39 is 17.4 Å². The van der Waals surface area contributed by atoms with Crippen LogP contribution in [0.5, 0.6) is 5.75 Å². The molecule has 1 aromatic heterocycles. The van der Waals surface area contributed by atoms with E-state index in [1.807, 2.05) is 17.0 Å². The molecule has 3 rings (SSSR count). The molecule has 1 aromatic carbocycles. The maximum absolute atomic E-state index is 13.2. The van der Waals surface area contributed by atoms with Crippen molar-refractivity contribution in [1.82, 2.24) is 4.98 Å². The molecular formula is C23H26F3N3O2. The zero-order valence-electron chi connectivity index (χ0n) is 17.2. The Bertz CT molecular complexity index is 886. The van der Waals surface area contributed by atoms with Gasteiger partial charge in [-0.15, -0.1) is 0 Å². The number of anilines is 1. The number of aromatic nitrogens is 1. The molecule has 1 N–H and O–H groups in total. The molecule has 1 aliphatic rings. The number of hydrogen-bond donors (Lipinski definition) is 1. The fraction of sp³-hybridized carbons (Fsp3) is 0.478. The van der Waals surface area contributed by atoms with Gasteiger partial charge in [-0.25, -0.2) is 4.98 Å². The number of halogens is 3. The molecule has 0 atom stereocenters. The van der Waals surface area contributed by atoms with Crippen molar-refractivity contribution >= 4 is 5.69 Å². The molecule has 0 unspecified atom stereocenters. The van der Waals surface area contributed by atoms with Gasteiger partial charge in [0.25, 0.3) is 0 Å². The van der Waals surface area contributed by atoms with E-state index in [9.17, 15) is 13.2 Å². The van der Waals surface area contributed by atoms with E-state index in [0.717, 1.165) is 43.9 Å². The number of rotatable bonds is 8. The highest BCUT2D eigenvalue weighted by molar-refractivity contribution is 5.51. The number of unbranched alkanes of at least 4 members (excludes halogenated alkanes) is 2. The Hall–Kier alpha value is -2.79. The van der Waals surface area contributed by atoms with Crippen LogP contribution < -0.4 is 9.64 Å². The van der Waals surface area contributed by atoms with Gasteiger partial charge in [-0.05, 0) is 61.8 Å². The molecule has 2 aromatic rings. The Morgan fingerprint density at radius 3 is 2.45 bits per heavy atom. The highest BCUT2D eigenvalue weighted by atomic mass is 19.4. The third kappa shape index (κ3) is 6.11. The molecule has 8 heteroatoms. The maximum Gasteiger partial charge on any atom is 0.419 e. The normalized spacial score (nSPS) is 15.0. The van der Waals surface area contributed by atoms with Gasteiger partial charge in [0.1, 0.15) is 11.8 Å². The van der Waals surface area contributed by atoms with Crippen LogP contribution in [0, 0.1) is 11.3 Å². The largest absolute Gasteiger partial charge is 0.494 e. The lowest BCUT2D eigenvalue weighted by atomic mass is 9.89. The van der Waals surface area contributed by atoms with Crippen LogP contribution in [0.15, 0.2) is 36.5 Å². The van der Waals surface area contributed by atoms with Gasteiger partial charge < -0.3 is 14.7 Å². The van der Waals surface area contributed by atoms with Crippen LogP contribution in [0.1, 0.15) is 54.8 Å².